The number of rotatable bonds is 8. The summed E-state index contributed by atoms with van der Waals surface area (Å²) in [5, 5.41) is 16.0. The number of hydrazone groups is 1. The minimum atomic E-state index is -0.396. The van der Waals surface area contributed by atoms with Crippen molar-refractivity contribution in [3.05, 3.63) is 48.0 Å². The molecule has 1 amide bonds. The summed E-state index contributed by atoms with van der Waals surface area (Å²) in [6.07, 6.45) is 1.50. The van der Waals surface area contributed by atoms with Gasteiger partial charge in [-0.1, -0.05) is 12.1 Å². The summed E-state index contributed by atoms with van der Waals surface area (Å²) < 4.78 is 15.7. The Bertz CT molecular complexity index is 1020. The highest BCUT2D eigenvalue weighted by atomic mass is 16.5. The van der Waals surface area contributed by atoms with Crippen LogP contribution in [-0.2, 0) is 11.3 Å². The second-order valence-electron chi connectivity index (χ2n) is 5.75. The number of aromatic nitrogens is 4. The van der Waals surface area contributed by atoms with Crippen molar-refractivity contribution < 1.29 is 19.0 Å². The average Bonchev–Trinajstić information content (AvgIpc) is 3.21. The van der Waals surface area contributed by atoms with E-state index in [9.17, 15) is 4.79 Å². The quantitative estimate of drug-likeness (QED) is 0.454. The highest BCUT2D eigenvalue weighted by Crippen LogP contribution is 2.30. The molecule has 0 saturated carbocycles. The van der Waals surface area contributed by atoms with E-state index in [0.29, 0.717) is 28.6 Å². The first kappa shape index (κ1) is 19.8. The molecule has 10 heteroatoms. The molecule has 0 aliphatic rings. The lowest BCUT2D eigenvalue weighted by atomic mass is 10.2. The number of ether oxygens (including phenoxy) is 3. The molecule has 3 rings (SSSR count). The lowest BCUT2D eigenvalue weighted by molar-refractivity contribution is -0.122. The number of amides is 1. The molecule has 0 unspecified atom stereocenters. The summed E-state index contributed by atoms with van der Waals surface area (Å²) >= 11 is 0. The van der Waals surface area contributed by atoms with E-state index >= 15 is 0 Å². The fourth-order valence-electron chi connectivity index (χ4n) is 2.51. The van der Waals surface area contributed by atoms with Crippen LogP contribution in [0.4, 0.5) is 0 Å². The van der Waals surface area contributed by atoms with E-state index in [0.717, 1.165) is 5.56 Å². The number of carbonyl (C=O) groups excluding carboxylic acids is 1. The van der Waals surface area contributed by atoms with E-state index in [1.165, 1.54) is 11.0 Å². The zero-order valence-electron chi connectivity index (χ0n) is 16.2. The van der Waals surface area contributed by atoms with Crippen LogP contribution in [0.25, 0.3) is 11.4 Å². The lowest BCUT2D eigenvalue weighted by Crippen LogP contribution is -2.24. The van der Waals surface area contributed by atoms with Crippen LogP contribution in [0.3, 0.4) is 0 Å². The molecule has 0 bridgehead atoms. The largest absolute Gasteiger partial charge is 0.496 e. The normalized spacial score (nSPS) is 10.7. The summed E-state index contributed by atoms with van der Waals surface area (Å²) in [7, 11) is 4.67. The van der Waals surface area contributed by atoms with Crippen molar-refractivity contribution in [2.75, 3.05) is 21.3 Å². The van der Waals surface area contributed by atoms with Crippen LogP contribution >= 0.6 is 0 Å². The van der Waals surface area contributed by atoms with Gasteiger partial charge >= 0.3 is 0 Å². The van der Waals surface area contributed by atoms with Crippen LogP contribution in [0.2, 0.25) is 0 Å². The summed E-state index contributed by atoms with van der Waals surface area (Å²) in [6, 6.07) is 12.6. The monoisotopic (exact) mass is 396 g/mol. The zero-order chi connectivity index (χ0) is 20.6. The number of hydrogen-bond donors (Lipinski definition) is 1. The van der Waals surface area contributed by atoms with Gasteiger partial charge in [-0.25, -0.2) is 5.43 Å². The Kier molecular flexibility index (Phi) is 6.36. The number of carbonyl (C=O) groups is 1. The van der Waals surface area contributed by atoms with E-state index in [1.807, 2.05) is 18.2 Å². The molecule has 0 spiro atoms. The van der Waals surface area contributed by atoms with Gasteiger partial charge in [-0.15, -0.1) is 10.2 Å². The van der Waals surface area contributed by atoms with Gasteiger partial charge in [-0.3, -0.25) is 4.79 Å². The number of methoxy groups -OCH3 is 3. The lowest BCUT2D eigenvalue weighted by Gasteiger charge is -2.07. The van der Waals surface area contributed by atoms with E-state index in [-0.39, 0.29) is 6.54 Å². The van der Waals surface area contributed by atoms with Crippen LogP contribution in [0.15, 0.2) is 47.6 Å². The third-order valence-corrected chi connectivity index (χ3v) is 3.91. The first-order valence-corrected chi connectivity index (χ1v) is 8.59. The number of nitrogens with zero attached hydrogens (tertiary/aromatic N) is 5. The van der Waals surface area contributed by atoms with Gasteiger partial charge in [0.1, 0.15) is 12.3 Å². The van der Waals surface area contributed by atoms with Crippen molar-refractivity contribution in [3.63, 3.8) is 0 Å². The fraction of sp³-hybridized carbons (Fsp3) is 0.211. The van der Waals surface area contributed by atoms with E-state index in [2.05, 4.69) is 25.9 Å². The van der Waals surface area contributed by atoms with Crippen LogP contribution < -0.4 is 19.6 Å². The van der Waals surface area contributed by atoms with Gasteiger partial charge < -0.3 is 14.2 Å². The highest BCUT2D eigenvalue weighted by Gasteiger charge is 2.12. The Labute approximate surface area is 167 Å². The molecule has 2 aromatic carbocycles. The number of para-hydroxylation sites is 1. The minimum Gasteiger partial charge on any atom is -0.496 e. The van der Waals surface area contributed by atoms with Gasteiger partial charge in [0.25, 0.3) is 5.91 Å². The van der Waals surface area contributed by atoms with E-state index < -0.39 is 5.91 Å². The van der Waals surface area contributed by atoms with Gasteiger partial charge in [0.2, 0.25) is 5.82 Å². The second-order valence-corrected chi connectivity index (χ2v) is 5.75. The smallest absolute Gasteiger partial charge is 0.263 e. The molecular formula is C19H20N6O4. The maximum absolute atomic E-state index is 12.1. The Morgan fingerprint density at radius 1 is 1.07 bits per heavy atom. The van der Waals surface area contributed by atoms with Gasteiger partial charge in [0.05, 0.1) is 27.5 Å². The summed E-state index contributed by atoms with van der Waals surface area (Å²) in [4.78, 5) is 13.2. The van der Waals surface area contributed by atoms with Crippen molar-refractivity contribution in [3.8, 4) is 28.6 Å². The van der Waals surface area contributed by atoms with Crippen LogP contribution in [-0.4, -0.2) is 53.7 Å². The predicted octanol–water partition coefficient (Wildman–Crippen LogP) is 1.52. The van der Waals surface area contributed by atoms with Crippen molar-refractivity contribution in [1.29, 1.82) is 0 Å². The third-order valence-electron chi connectivity index (χ3n) is 3.91. The molecular weight excluding hydrogens is 376 g/mol. The van der Waals surface area contributed by atoms with Crippen LogP contribution in [0.5, 0.6) is 17.2 Å². The zero-order valence-corrected chi connectivity index (χ0v) is 16.2. The van der Waals surface area contributed by atoms with Crippen molar-refractivity contribution in [1.82, 2.24) is 25.6 Å². The number of benzene rings is 2. The van der Waals surface area contributed by atoms with Gasteiger partial charge in [-0.2, -0.15) is 9.90 Å². The molecule has 1 N–H and O–H groups in total. The SMILES string of the molecule is COc1ccccc1/C=N/NC(=O)Cn1nnc(-c2ccc(OC)c(OC)c2)n1. The number of nitrogens with one attached hydrogen (secondary N) is 1. The molecule has 0 aliphatic carbocycles. The molecule has 0 atom stereocenters. The van der Waals surface area contributed by atoms with Gasteiger partial charge in [-0.05, 0) is 35.5 Å². The Hall–Kier alpha value is -3.95. The standard InChI is InChI=1S/C19H20N6O4/c1-27-15-7-5-4-6-14(15)11-20-21-18(26)12-25-23-19(22-24-25)13-8-9-16(28-2)17(10-13)29-3/h4-11H,12H2,1-3H3,(H,21,26)/b20-11+. The summed E-state index contributed by atoms with van der Waals surface area (Å²) in [6.45, 7) is -0.135. The fourth-order valence-corrected chi connectivity index (χ4v) is 2.51. The first-order chi connectivity index (χ1) is 14.1. The van der Waals surface area contributed by atoms with Crippen molar-refractivity contribution in [2.45, 2.75) is 6.54 Å². The molecule has 1 heterocycles. The van der Waals surface area contributed by atoms with Crippen molar-refractivity contribution >= 4 is 12.1 Å². The van der Waals surface area contributed by atoms with E-state index in [1.54, 1.807) is 45.6 Å². The molecule has 1 aromatic heterocycles. The third kappa shape index (κ3) is 4.86. The topological polar surface area (TPSA) is 113 Å². The number of tetrazole rings is 1. The second kappa shape index (κ2) is 9.31. The van der Waals surface area contributed by atoms with Crippen molar-refractivity contribution in [2.24, 2.45) is 5.10 Å². The Balaban J connectivity index is 1.62. The molecule has 29 heavy (non-hydrogen) atoms. The Morgan fingerprint density at radius 2 is 1.83 bits per heavy atom. The maximum Gasteiger partial charge on any atom is 0.263 e. The van der Waals surface area contributed by atoms with Gasteiger partial charge in [0, 0.05) is 11.1 Å². The summed E-state index contributed by atoms with van der Waals surface area (Å²) in [5.74, 6) is 1.76. The van der Waals surface area contributed by atoms with Gasteiger partial charge in [0.15, 0.2) is 11.5 Å². The molecule has 3 aromatic rings. The molecule has 0 fully saturated rings. The molecule has 0 saturated heterocycles. The molecule has 0 aliphatic heterocycles. The van der Waals surface area contributed by atoms with E-state index in [4.69, 9.17) is 14.2 Å². The molecule has 150 valence electrons. The molecule has 10 nitrogen and oxygen atoms in total. The number of hydrogen-bond acceptors (Lipinski definition) is 8. The molecule has 0 radical (unpaired) electrons. The first-order valence-electron chi connectivity index (χ1n) is 8.59. The maximum atomic E-state index is 12.1. The highest BCUT2D eigenvalue weighted by molar-refractivity contribution is 5.85. The summed E-state index contributed by atoms with van der Waals surface area (Å²) in [5.41, 5.74) is 3.85. The van der Waals surface area contributed by atoms with Crippen LogP contribution in [0, 0.1) is 0 Å². The predicted molar refractivity (Wildman–Crippen MR) is 105 cm³/mol. The average molecular weight is 396 g/mol. The van der Waals surface area contributed by atoms with Crippen LogP contribution in [0.1, 0.15) is 5.56 Å². The Morgan fingerprint density at radius 3 is 2.59 bits per heavy atom. The minimum absolute atomic E-state index is 0.135.